The molecule has 0 bridgehead atoms. The number of aryl methyl sites for hydroxylation is 1. The Bertz CT molecular complexity index is 498. The lowest BCUT2D eigenvalue weighted by molar-refractivity contribution is -0.123. The van der Waals surface area contributed by atoms with Crippen LogP contribution in [-0.2, 0) is 11.3 Å². The number of aromatic carboxylic acids is 1. The molecule has 0 aliphatic carbocycles. The lowest BCUT2D eigenvalue weighted by Gasteiger charge is -2.31. The van der Waals surface area contributed by atoms with Gasteiger partial charge in [-0.3, -0.25) is 9.69 Å². The second-order valence-corrected chi connectivity index (χ2v) is 6.23. The summed E-state index contributed by atoms with van der Waals surface area (Å²) < 4.78 is 0. The van der Waals surface area contributed by atoms with Crippen LogP contribution in [0.2, 0.25) is 0 Å². The van der Waals surface area contributed by atoms with Crippen LogP contribution in [0.4, 0.5) is 0 Å². The fraction of sp³-hybridized carbons (Fsp3) is 0.538. The number of primary amides is 1. The number of carbonyl (C=O) groups excluding carboxylic acids is 1. The molecule has 2 rings (SSSR count). The molecule has 104 valence electrons. The van der Waals surface area contributed by atoms with Gasteiger partial charge in [-0.25, -0.2) is 4.79 Å². The van der Waals surface area contributed by atoms with Crippen molar-refractivity contribution in [3.05, 3.63) is 21.4 Å². The second-order valence-electron chi connectivity index (χ2n) is 4.97. The molecule has 0 spiro atoms. The van der Waals surface area contributed by atoms with Crippen LogP contribution >= 0.6 is 11.3 Å². The van der Waals surface area contributed by atoms with E-state index in [0.29, 0.717) is 18.0 Å². The summed E-state index contributed by atoms with van der Waals surface area (Å²) in [5, 5.41) is 8.98. The summed E-state index contributed by atoms with van der Waals surface area (Å²) in [6.45, 7) is 4.23. The monoisotopic (exact) mass is 282 g/mol. The number of nitrogens with zero attached hydrogens (tertiary/aromatic N) is 1. The third kappa shape index (κ3) is 3.33. The zero-order valence-corrected chi connectivity index (χ0v) is 11.7. The van der Waals surface area contributed by atoms with Crippen molar-refractivity contribution in [1.29, 1.82) is 0 Å². The highest BCUT2D eigenvalue weighted by Gasteiger charge is 2.24. The fourth-order valence-corrected chi connectivity index (χ4v) is 3.33. The van der Waals surface area contributed by atoms with Crippen LogP contribution in [0.15, 0.2) is 6.07 Å². The Morgan fingerprint density at radius 3 is 2.89 bits per heavy atom. The Kier molecular flexibility index (Phi) is 4.21. The Hall–Kier alpha value is -1.40. The van der Waals surface area contributed by atoms with Gasteiger partial charge < -0.3 is 10.8 Å². The highest BCUT2D eigenvalue weighted by atomic mass is 32.1. The molecule has 19 heavy (non-hydrogen) atoms. The number of carboxylic acids is 1. The van der Waals surface area contributed by atoms with Crippen molar-refractivity contribution in [3.8, 4) is 0 Å². The molecule has 5 nitrogen and oxygen atoms in total. The highest BCUT2D eigenvalue weighted by Crippen LogP contribution is 2.25. The molecule has 1 saturated heterocycles. The Balaban J connectivity index is 2.04. The van der Waals surface area contributed by atoms with Gasteiger partial charge in [0.05, 0.1) is 5.92 Å². The summed E-state index contributed by atoms with van der Waals surface area (Å²) >= 11 is 1.30. The van der Waals surface area contributed by atoms with Gasteiger partial charge in [-0.05, 0) is 37.9 Å². The van der Waals surface area contributed by atoms with Crippen LogP contribution in [0.5, 0.6) is 0 Å². The van der Waals surface area contributed by atoms with Crippen molar-refractivity contribution in [2.45, 2.75) is 26.3 Å². The summed E-state index contributed by atoms with van der Waals surface area (Å²) in [6.07, 6.45) is 1.82. The minimum Gasteiger partial charge on any atom is -0.477 e. The quantitative estimate of drug-likeness (QED) is 0.875. The summed E-state index contributed by atoms with van der Waals surface area (Å²) in [5.41, 5.74) is 6.39. The van der Waals surface area contributed by atoms with E-state index in [1.165, 1.54) is 11.3 Å². The SMILES string of the molecule is Cc1sc(C(=O)O)cc1CN1CCCC(C(N)=O)C1. The van der Waals surface area contributed by atoms with Gasteiger partial charge in [-0.2, -0.15) is 0 Å². The van der Waals surface area contributed by atoms with Crippen molar-refractivity contribution in [2.24, 2.45) is 11.7 Å². The summed E-state index contributed by atoms with van der Waals surface area (Å²) in [7, 11) is 0. The van der Waals surface area contributed by atoms with Gasteiger partial charge >= 0.3 is 5.97 Å². The number of piperidine rings is 1. The summed E-state index contributed by atoms with van der Waals surface area (Å²) in [6, 6.07) is 1.73. The largest absolute Gasteiger partial charge is 0.477 e. The predicted octanol–water partition coefficient (Wildman–Crippen LogP) is 1.45. The van der Waals surface area contributed by atoms with Gasteiger partial charge in [-0.1, -0.05) is 0 Å². The van der Waals surface area contributed by atoms with Crippen LogP contribution in [0.25, 0.3) is 0 Å². The van der Waals surface area contributed by atoms with E-state index in [2.05, 4.69) is 4.90 Å². The van der Waals surface area contributed by atoms with Crippen LogP contribution in [0.1, 0.15) is 33.0 Å². The van der Waals surface area contributed by atoms with E-state index in [1.54, 1.807) is 6.07 Å². The number of carbonyl (C=O) groups is 2. The first kappa shape index (κ1) is 14.0. The maximum atomic E-state index is 11.2. The smallest absolute Gasteiger partial charge is 0.345 e. The first-order valence-electron chi connectivity index (χ1n) is 6.31. The number of hydrogen-bond donors (Lipinski definition) is 2. The molecule has 1 atom stereocenters. The molecule has 1 aromatic heterocycles. The van der Waals surface area contributed by atoms with Crippen molar-refractivity contribution in [2.75, 3.05) is 13.1 Å². The molecule has 1 aliphatic rings. The lowest BCUT2D eigenvalue weighted by atomic mass is 9.97. The van der Waals surface area contributed by atoms with E-state index in [-0.39, 0.29) is 11.8 Å². The van der Waals surface area contributed by atoms with Crippen molar-refractivity contribution >= 4 is 23.2 Å². The minimum atomic E-state index is -0.881. The minimum absolute atomic E-state index is 0.0772. The van der Waals surface area contributed by atoms with Crippen molar-refractivity contribution in [3.63, 3.8) is 0 Å². The van der Waals surface area contributed by atoms with Gasteiger partial charge in [0.1, 0.15) is 4.88 Å². The molecule has 1 unspecified atom stereocenters. The van der Waals surface area contributed by atoms with E-state index >= 15 is 0 Å². The van der Waals surface area contributed by atoms with E-state index in [1.807, 2.05) is 6.92 Å². The van der Waals surface area contributed by atoms with Crippen molar-refractivity contribution < 1.29 is 14.7 Å². The molecule has 3 N–H and O–H groups in total. The topological polar surface area (TPSA) is 83.6 Å². The molecule has 0 radical (unpaired) electrons. The first-order chi connectivity index (χ1) is 8.97. The highest BCUT2D eigenvalue weighted by molar-refractivity contribution is 7.14. The molecule has 2 heterocycles. The second kappa shape index (κ2) is 5.71. The number of likely N-dealkylation sites (tertiary alicyclic amines) is 1. The van der Waals surface area contributed by atoms with Crippen LogP contribution in [0.3, 0.4) is 0 Å². The van der Waals surface area contributed by atoms with Crippen LogP contribution in [0, 0.1) is 12.8 Å². The fourth-order valence-electron chi connectivity index (χ4n) is 2.45. The van der Waals surface area contributed by atoms with E-state index in [0.717, 1.165) is 29.8 Å². The third-order valence-corrected chi connectivity index (χ3v) is 4.61. The van der Waals surface area contributed by atoms with Gasteiger partial charge in [0.25, 0.3) is 0 Å². The first-order valence-corrected chi connectivity index (χ1v) is 7.13. The van der Waals surface area contributed by atoms with Gasteiger partial charge in [0, 0.05) is 18.0 Å². The zero-order valence-electron chi connectivity index (χ0n) is 10.9. The average molecular weight is 282 g/mol. The van der Waals surface area contributed by atoms with E-state index in [4.69, 9.17) is 10.8 Å². The summed E-state index contributed by atoms with van der Waals surface area (Å²) in [5.74, 6) is -1.20. The van der Waals surface area contributed by atoms with E-state index in [9.17, 15) is 9.59 Å². The normalized spacial score (nSPS) is 20.4. The molecule has 0 saturated carbocycles. The molecule has 1 aliphatic heterocycles. The molecule has 1 fully saturated rings. The van der Waals surface area contributed by atoms with E-state index < -0.39 is 5.97 Å². The predicted molar refractivity (Wildman–Crippen MR) is 73.2 cm³/mol. The lowest BCUT2D eigenvalue weighted by Crippen LogP contribution is -2.40. The molecular weight excluding hydrogens is 264 g/mol. The zero-order chi connectivity index (χ0) is 14.0. The Labute approximate surface area is 116 Å². The summed E-state index contributed by atoms with van der Waals surface area (Å²) in [4.78, 5) is 25.7. The standard InChI is InChI=1S/C13H18N2O3S/c1-8-10(5-11(19-8)13(17)18)7-15-4-2-3-9(6-15)12(14)16/h5,9H,2-4,6-7H2,1H3,(H2,14,16)(H,17,18). The Morgan fingerprint density at radius 1 is 1.58 bits per heavy atom. The Morgan fingerprint density at radius 2 is 2.32 bits per heavy atom. The number of amides is 1. The van der Waals surface area contributed by atoms with Gasteiger partial charge in [0.15, 0.2) is 0 Å². The molecular formula is C13H18N2O3S. The van der Waals surface area contributed by atoms with Crippen LogP contribution in [-0.4, -0.2) is 35.0 Å². The maximum Gasteiger partial charge on any atom is 0.345 e. The van der Waals surface area contributed by atoms with Gasteiger partial charge in [-0.15, -0.1) is 11.3 Å². The van der Waals surface area contributed by atoms with Crippen molar-refractivity contribution in [1.82, 2.24) is 4.90 Å². The number of thiophene rings is 1. The van der Waals surface area contributed by atoms with Gasteiger partial charge in [0.2, 0.25) is 5.91 Å². The molecule has 6 heteroatoms. The number of rotatable bonds is 4. The number of carboxylic acid groups (broad SMARTS) is 1. The third-order valence-electron chi connectivity index (χ3n) is 3.53. The molecule has 0 aromatic carbocycles. The number of nitrogens with two attached hydrogens (primary N) is 1. The molecule has 1 amide bonds. The maximum absolute atomic E-state index is 11.2. The average Bonchev–Trinajstić information content (AvgIpc) is 2.71. The number of hydrogen-bond acceptors (Lipinski definition) is 4. The van der Waals surface area contributed by atoms with Crippen LogP contribution < -0.4 is 5.73 Å². The molecule has 1 aromatic rings.